The van der Waals surface area contributed by atoms with Crippen molar-refractivity contribution in [3.63, 3.8) is 0 Å². The van der Waals surface area contributed by atoms with Crippen LogP contribution in [0.3, 0.4) is 0 Å². The van der Waals surface area contributed by atoms with Crippen LogP contribution in [0.25, 0.3) is 0 Å². The molecule has 1 fully saturated rings. The number of benzene rings is 2. The highest BCUT2D eigenvalue weighted by Crippen LogP contribution is 2.26. The van der Waals surface area contributed by atoms with Gasteiger partial charge in [0.2, 0.25) is 0 Å². The van der Waals surface area contributed by atoms with Crippen molar-refractivity contribution in [3.8, 4) is 5.75 Å². The predicted molar refractivity (Wildman–Crippen MR) is 113 cm³/mol. The van der Waals surface area contributed by atoms with E-state index < -0.39 is 11.9 Å². The van der Waals surface area contributed by atoms with Gasteiger partial charge in [0.1, 0.15) is 5.75 Å². The molecule has 0 aromatic heterocycles. The summed E-state index contributed by atoms with van der Waals surface area (Å²) in [4.78, 5) is 38.8. The van der Waals surface area contributed by atoms with Crippen molar-refractivity contribution in [2.24, 2.45) is 0 Å². The number of fused-ring (bicyclic) bond motifs is 1. The summed E-state index contributed by atoms with van der Waals surface area (Å²) in [6, 6.07) is 11.4. The van der Waals surface area contributed by atoms with Crippen LogP contribution in [-0.4, -0.2) is 55.2 Å². The Morgan fingerprint density at radius 2 is 1.84 bits per heavy atom. The van der Waals surface area contributed by atoms with Gasteiger partial charge in [0.15, 0.2) is 0 Å². The van der Waals surface area contributed by atoms with Gasteiger partial charge in [-0.15, -0.1) is 0 Å². The first-order valence-corrected chi connectivity index (χ1v) is 10.6. The third-order valence-corrected chi connectivity index (χ3v) is 5.47. The highest BCUT2D eigenvalue weighted by atomic mass is 35.5. The molecule has 0 saturated carbocycles. The van der Waals surface area contributed by atoms with Gasteiger partial charge in [-0.3, -0.25) is 14.5 Å². The van der Waals surface area contributed by atoms with Crippen LogP contribution in [0.4, 0.5) is 0 Å². The lowest BCUT2D eigenvalue weighted by atomic mass is 10.1. The highest BCUT2D eigenvalue weighted by Gasteiger charge is 2.38. The Hall–Kier alpha value is -2.90. The summed E-state index contributed by atoms with van der Waals surface area (Å²) in [6.07, 6.45) is 2.13. The topological polar surface area (TPSA) is 82.1 Å². The molecule has 4 rings (SSSR count). The minimum atomic E-state index is -0.549. The molecule has 31 heavy (non-hydrogen) atoms. The molecule has 7 nitrogen and oxygen atoms in total. The maximum Gasteiger partial charge on any atom is 0.338 e. The van der Waals surface area contributed by atoms with Gasteiger partial charge in [0.25, 0.3) is 11.8 Å². The number of rotatable bonds is 8. The predicted octanol–water partition coefficient (Wildman–Crippen LogP) is 3.74. The van der Waals surface area contributed by atoms with Gasteiger partial charge in [0, 0.05) is 18.1 Å². The van der Waals surface area contributed by atoms with Crippen LogP contribution in [0.1, 0.15) is 50.3 Å². The van der Waals surface area contributed by atoms with Gasteiger partial charge < -0.3 is 14.2 Å². The normalized spacial score (nSPS) is 17.7. The van der Waals surface area contributed by atoms with E-state index in [1.54, 1.807) is 24.3 Å². The summed E-state index contributed by atoms with van der Waals surface area (Å²) >= 11 is 5.83. The van der Waals surface area contributed by atoms with Crippen LogP contribution in [0, 0.1) is 0 Å². The molecule has 0 aliphatic carbocycles. The maximum absolute atomic E-state index is 12.7. The van der Waals surface area contributed by atoms with Crippen LogP contribution in [0.5, 0.6) is 5.75 Å². The van der Waals surface area contributed by atoms with Gasteiger partial charge in [0.05, 0.1) is 42.6 Å². The van der Waals surface area contributed by atoms with E-state index in [4.69, 9.17) is 25.8 Å². The summed E-state index contributed by atoms with van der Waals surface area (Å²) in [5, 5.41) is 0.630. The van der Waals surface area contributed by atoms with Crippen LogP contribution < -0.4 is 4.74 Å². The molecule has 1 unspecified atom stereocenters. The van der Waals surface area contributed by atoms with Crippen LogP contribution in [0.15, 0.2) is 42.5 Å². The van der Waals surface area contributed by atoms with E-state index in [1.807, 2.05) is 0 Å². The number of hydrogen-bond donors (Lipinski definition) is 0. The molecule has 2 aromatic carbocycles. The van der Waals surface area contributed by atoms with E-state index in [9.17, 15) is 14.4 Å². The lowest BCUT2D eigenvalue weighted by Crippen LogP contribution is -2.36. The number of hydrogen-bond acceptors (Lipinski definition) is 6. The Balaban J connectivity index is 1.29. The van der Waals surface area contributed by atoms with E-state index in [2.05, 4.69) is 0 Å². The molecule has 0 N–H and O–H groups in total. The Morgan fingerprint density at radius 1 is 1.06 bits per heavy atom. The average molecular weight is 444 g/mol. The summed E-state index contributed by atoms with van der Waals surface area (Å²) in [6.45, 7) is 1.43. The Morgan fingerprint density at radius 3 is 2.58 bits per heavy atom. The number of carbonyl (C=O) groups excluding carboxylic acids is 3. The minimum Gasteiger partial charge on any atom is -0.493 e. The fraction of sp³-hybridized carbons (Fsp3) is 0.348. The second kappa shape index (κ2) is 9.49. The molecular formula is C23H22ClNO6. The van der Waals surface area contributed by atoms with Gasteiger partial charge in [-0.25, -0.2) is 4.79 Å². The monoisotopic (exact) mass is 443 g/mol. The third-order valence-electron chi connectivity index (χ3n) is 5.22. The zero-order chi connectivity index (χ0) is 21.8. The summed E-state index contributed by atoms with van der Waals surface area (Å²) in [5.41, 5.74) is 0.761. The molecule has 0 radical (unpaired) electrons. The van der Waals surface area contributed by atoms with Crippen molar-refractivity contribution in [3.05, 3.63) is 64.2 Å². The fourth-order valence-electron chi connectivity index (χ4n) is 3.60. The molecule has 162 valence electrons. The standard InChI is InChI=1S/C23H22ClNO6/c24-16-5-7-17(8-6-16)29-11-2-12-31-23(28)15-4-9-19-20(13-15)22(27)25(21(19)26)14-18-3-1-10-30-18/h4-9,13,18H,1-3,10-12,14H2. The Kier molecular flexibility index (Phi) is 6.53. The van der Waals surface area contributed by atoms with E-state index >= 15 is 0 Å². The van der Waals surface area contributed by atoms with Crippen LogP contribution in [0.2, 0.25) is 5.02 Å². The zero-order valence-corrected chi connectivity index (χ0v) is 17.6. The van der Waals surface area contributed by atoms with E-state index in [1.165, 1.54) is 23.1 Å². The highest BCUT2D eigenvalue weighted by molar-refractivity contribution is 6.30. The first kappa shape index (κ1) is 21.3. The Bertz CT molecular complexity index is 984. The first-order valence-electron chi connectivity index (χ1n) is 10.2. The third kappa shape index (κ3) is 4.89. The number of esters is 1. The van der Waals surface area contributed by atoms with Gasteiger partial charge in [-0.1, -0.05) is 11.6 Å². The second-order valence-electron chi connectivity index (χ2n) is 7.41. The first-order chi connectivity index (χ1) is 15.0. The summed E-state index contributed by atoms with van der Waals surface area (Å²) in [5.74, 6) is -0.617. The van der Waals surface area contributed by atoms with Crippen molar-refractivity contribution < 1.29 is 28.6 Å². The molecule has 1 saturated heterocycles. The smallest absolute Gasteiger partial charge is 0.338 e. The number of nitrogens with zero attached hydrogens (tertiary/aromatic N) is 1. The maximum atomic E-state index is 12.7. The summed E-state index contributed by atoms with van der Waals surface area (Å²) < 4.78 is 16.4. The number of halogens is 1. The average Bonchev–Trinajstić information content (AvgIpc) is 3.37. The molecule has 0 bridgehead atoms. The molecule has 0 spiro atoms. The van der Waals surface area contributed by atoms with E-state index in [-0.39, 0.29) is 36.3 Å². The molecular weight excluding hydrogens is 422 g/mol. The van der Waals surface area contributed by atoms with Crippen molar-refractivity contribution in [2.75, 3.05) is 26.4 Å². The van der Waals surface area contributed by atoms with E-state index in [0.29, 0.717) is 36.0 Å². The number of carbonyl (C=O) groups is 3. The number of amides is 2. The molecule has 2 amide bonds. The summed E-state index contributed by atoms with van der Waals surface area (Å²) in [7, 11) is 0. The largest absolute Gasteiger partial charge is 0.493 e. The van der Waals surface area contributed by atoms with Crippen molar-refractivity contribution in [2.45, 2.75) is 25.4 Å². The molecule has 2 heterocycles. The van der Waals surface area contributed by atoms with Crippen LogP contribution >= 0.6 is 11.6 Å². The van der Waals surface area contributed by atoms with Gasteiger partial charge in [-0.2, -0.15) is 0 Å². The molecule has 2 aliphatic heterocycles. The molecule has 2 aromatic rings. The van der Waals surface area contributed by atoms with Crippen LogP contribution in [-0.2, 0) is 9.47 Å². The number of ether oxygens (including phenoxy) is 3. The Labute approximate surface area is 184 Å². The lowest BCUT2D eigenvalue weighted by molar-refractivity contribution is 0.0473. The number of imide groups is 1. The van der Waals surface area contributed by atoms with Gasteiger partial charge in [-0.05, 0) is 55.3 Å². The zero-order valence-electron chi connectivity index (χ0n) is 16.8. The lowest BCUT2D eigenvalue weighted by Gasteiger charge is -2.17. The SMILES string of the molecule is O=C(OCCCOc1ccc(Cl)cc1)c1ccc2c(c1)C(=O)N(CC1CCCO1)C2=O. The fourth-order valence-corrected chi connectivity index (χ4v) is 3.73. The van der Waals surface area contributed by atoms with Crippen molar-refractivity contribution in [1.82, 2.24) is 4.90 Å². The van der Waals surface area contributed by atoms with E-state index in [0.717, 1.165) is 12.8 Å². The van der Waals surface area contributed by atoms with Crippen molar-refractivity contribution >= 4 is 29.4 Å². The molecule has 1 atom stereocenters. The van der Waals surface area contributed by atoms with Crippen molar-refractivity contribution in [1.29, 1.82) is 0 Å². The minimum absolute atomic E-state index is 0.123. The second-order valence-corrected chi connectivity index (χ2v) is 7.84. The van der Waals surface area contributed by atoms with Gasteiger partial charge >= 0.3 is 5.97 Å². The molecule has 2 aliphatic rings. The molecule has 8 heteroatoms. The quantitative estimate of drug-likeness (QED) is 0.351.